The van der Waals surface area contributed by atoms with Crippen LogP contribution in [0.15, 0.2) is 48.5 Å². The highest BCUT2D eigenvalue weighted by Crippen LogP contribution is 2.47. The van der Waals surface area contributed by atoms with Gasteiger partial charge in [-0.05, 0) is 54.9 Å². The molecule has 2 saturated heterocycles. The maximum atomic E-state index is 13.6. The van der Waals surface area contributed by atoms with Crippen LogP contribution in [0.25, 0.3) is 11.1 Å². The zero-order chi connectivity index (χ0) is 24.7. The molecule has 0 radical (unpaired) electrons. The van der Waals surface area contributed by atoms with E-state index in [1.54, 1.807) is 6.92 Å². The van der Waals surface area contributed by atoms with E-state index in [1.807, 2.05) is 36.4 Å². The zero-order valence-corrected chi connectivity index (χ0v) is 19.9. The summed E-state index contributed by atoms with van der Waals surface area (Å²) < 4.78 is 11.0. The van der Waals surface area contributed by atoms with E-state index in [4.69, 9.17) is 9.47 Å². The molecule has 0 spiro atoms. The molecule has 8 nitrogen and oxygen atoms in total. The van der Waals surface area contributed by atoms with Crippen LogP contribution in [-0.2, 0) is 19.1 Å². The molecule has 2 aromatic carbocycles. The lowest BCUT2D eigenvalue weighted by Gasteiger charge is -2.35. The molecular formula is C27H30N2O6. The van der Waals surface area contributed by atoms with E-state index in [1.165, 1.54) is 12.0 Å². The molecular weight excluding hydrogens is 448 g/mol. The van der Waals surface area contributed by atoms with Crippen molar-refractivity contribution in [2.75, 3.05) is 13.7 Å². The highest BCUT2D eigenvalue weighted by molar-refractivity contribution is 5.93. The molecule has 2 N–H and O–H groups in total. The Bertz CT molecular complexity index is 1110. The minimum atomic E-state index is -1.20. The van der Waals surface area contributed by atoms with Crippen molar-refractivity contribution in [2.45, 2.75) is 62.3 Å². The Hall–Kier alpha value is -3.39. The first-order chi connectivity index (χ1) is 16.9. The molecule has 5 rings (SSSR count). The van der Waals surface area contributed by atoms with Crippen molar-refractivity contribution in [3.8, 4) is 11.1 Å². The lowest BCUT2D eigenvalue weighted by molar-refractivity contribution is -0.157. The molecule has 2 amide bonds. The number of carboxylic acids is 1. The number of methoxy groups -OCH3 is 1. The van der Waals surface area contributed by atoms with E-state index in [-0.39, 0.29) is 18.6 Å². The SMILES string of the molecule is COC(C)C(NC(=O)OCC1c2ccccc2-c2ccccc21)C(=O)N1C2CCC1(C(=O)O)CC2. The minimum absolute atomic E-state index is 0.105. The summed E-state index contributed by atoms with van der Waals surface area (Å²) in [6.07, 6.45) is 0.766. The third kappa shape index (κ3) is 3.76. The molecule has 35 heavy (non-hydrogen) atoms. The monoisotopic (exact) mass is 478 g/mol. The summed E-state index contributed by atoms with van der Waals surface area (Å²) in [5.74, 6) is -1.53. The quantitative estimate of drug-likeness (QED) is 0.631. The lowest BCUT2D eigenvalue weighted by atomic mass is 9.88. The molecule has 2 bridgehead atoms. The Morgan fingerprint density at radius 3 is 2.17 bits per heavy atom. The molecule has 0 aromatic heterocycles. The van der Waals surface area contributed by atoms with Crippen molar-refractivity contribution in [1.29, 1.82) is 0 Å². The predicted molar refractivity (Wildman–Crippen MR) is 128 cm³/mol. The Balaban J connectivity index is 1.31. The van der Waals surface area contributed by atoms with Gasteiger partial charge in [-0.1, -0.05) is 48.5 Å². The maximum absolute atomic E-state index is 13.6. The molecule has 2 aromatic rings. The van der Waals surface area contributed by atoms with Gasteiger partial charge in [0.25, 0.3) is 0 Å². The van der Waals surface area contributed by atoms with Crippen LogP contribution in [0.1, 0.15) is 49.7 Å². The number of aliphatic carboxylic acids is 1. The van der Waals surface area contributed by atoms with Gasteiger partial charge in [0.15, 0.2) is 0 Å². The summed E-state index contributed by atoms with van der Waals surface area (Å²) in [6, 6.07) is 14.9. The highest BCUT2D eigenvalue weighted by Gasteiger charge is 2.60. The molecule has 2 fully saturated rings. The number of hydrogen-bond acceptors (Lipinski definition) is 5. The van der Waals surface area contributed by atoms with E-state index in [2.05, 4.69) is 17.4 Å². The third-order valence-electron chi connectivity index (χ3n) is 7.97. The van der Waals surface area contributed by atoms with Crippen LogP contribution in [-0.4, -0.2) is 65.4 Å². The first-order valence-electron chi connectivity index (χ1n) is 12.1. The van der Waals surface area contributed by atoms with Gasteiger partial charge in [0.05, 0.1) is 6.10 Å². The van der Waals surface area contributed by atoms with Gasteiger partial charge in [-0.25, -0.2) is 9.59 Å². The van der Waals surface area contributed by atoms with E-state index in [0.717, 1.165) is 22.3 Å². The van der Waals surface area contributed by atoms with Gasteiger partial charge in [0.1, 0.15) is 18.2 Å². The average Bonchev–Trinajstić information content (AvgIpc) is 3.54. The number of hydrogen-bond donors (Lipinski definition) is 2. The van der Waals surface area contributed by atoms with Gasteiger partial charge in [-0.15, -0.1) is 0 Å². The summed E-state index contributed by atoms with van der Waals surface area (Å²) in [4.78, 5) is 40.0. The number of benzene rings is 2. The first kappa shape index (κ1) is 23.4. The van der Waals surface area contributed by atoms with Gasteiger partial charge in [-0.2, -0.15) is 0 Å². The van der Waals surface area contributed by atoms with Crippen molar-refractivity contribution in [3.05, 3.63) is 59.7 Å². The average molecular weight is 479 g/mol. The molecule has 184 valence electrons. The van der Waals surface area contributed by atoms with Crippen molar-refractivity contribution in [3.63, 3.8) is 0 Å². The fourth-order valence-electron chi connectivity index (χ4n) is 6.07. The molecule has 3 aliphatic rings. The van der Waals surface area contributed by atoms with E-state index in [0.29, 0.717) is 25.7 Å². The van der Waals surface area contributed by atoms with Crippen LogP contribution in [0.3, 0.4) is 0 Å². The molecule has 1 aliphatic carbocycles. The number of nitrogens with one attached hydrogen (secondary N) is 1. The van der Waals surface area contributed by atoms with Crippen molar-refractivity contribution in [1.82, 2.24) is 10.2 Å². The second kappa shape index (κ2) is 9.00. The second-order valence-corrected chi connectivity index (χ2v) is 9.66. The van der Waals surface area contributed by atoms with E-state index >= 15 is 0 Å². The third-order valence-corrected chi connectivity index (χ3v) is 7.97. The molecule has 2 heterocycles. The number of carbonyl (C=O) groups is 3. The van der Waals surface area contributed by atoms with Crippen LogP contribution in [0.5, 0.6) is 0 Å². The number of alkyl carbamates (subject to hydrolysis) is 1. The number of fused-ring (bicyclic) bond motifs is 5. The fraction of sp³-hybridized carbons (Fsp3) is 0.444. The Morgan fingerprint density at radius 1 is 1.06 bits per heavy atom. The van der Waals surface area contributed by atoms with E-state index in [9.17, 15) is 19.5 Å². The Morgan fingerprint density at radius 2 is 1.63 bits per heavy atom. The van der Waals surface area contributed by atoms with Crippen molar-refractivity contribution >= 4 is 18.0 Å². The van der Waals surface area contributed by atoms with Crippen LogP contribution < -0.4 is 5.32 Å². The number of ether oxygens (including phenoxy) is 2. The first-order valence-corrected chi connectivity index (χ1v) is 12.1. The fourth-order valence-corrected chi connectivity index (χ4v) is 6.07. The van der Waals surface area contributed by atoms with Gasteiger partial charge in [-0.3, -0.25) is 4.79 Å². The normalized spacial score (nSPS) is 23.9. The maximum Gasteiger partial charge on any atom is 0.407 e. The van der Waals surface area contributed by atoms with Crippen molar-refractivity contribution in [2.24, 2.45) is 0 Å². The summed E-state index contributed by atoms with van der Waals surface area (Å²) in [5, 5.41) is 12.6. The standard InChI is InChI=1S/C27H30N2O6/c1-16(34-2)23(24(30)29-17-11-13-27(29,14-12-17)25(31)32)28-26(33)35-15-22-20-9-5-3-7-18(20)19-8-4-6-10-21(19)22/h3-10,16-17,22-23H,11-15H2,1-2H3,(H,28,33)(H,31,32). The predicted octanol–water partition coefficient (Wildman–Crippen LogP) is 3.54. The topological polar surface area (TPSA) is 105 Å². The van der Waals surface area contributed by atoms with Gasteiger partial charge in [0.2, 0.25) is 5.91 Å². The summed E-state index contributed by atoms with van der Waals surface area (Å²) in [7, 11) is 1.45. The van der Waals surface area contributed by atoms with E-state index < -0.39 is 35.7 Å². The number of carboxylic acid groups (broad SMARTS) is 1. The number of carbonyl (C=O) groups excluding carboxylic acids is 2. The van der Waals surface area contributed by atoms with Crippen LogP contribution in [0.4, 0.5) is 4.79 Å². The van der Waals surface area contributed by atoms with Gasteiger partial charge in [0, 0.05) is 19.1 Å². The Kier molecular flexibility index (Phi) is 6.01. The Labute approximate surface area is 204 Å². The molecule has 0 saturated carbocycles. The minimum Gasteiger partial charge on any atom is -0.479 e. The molecule has 2 aliphatic heterocycles. The van der Waals surface area contributed by atoms with Gasteiger partial charge < -0.3 is 24.8 Å². The number of amides is 2. The van der Waals surface area contributed by atoms with Crippen LogP contribution in [0, 0.1) is 0 Å². The van der Waals surface area contributed by atoms with Gasteiger partial charge >= 0.3 is 12.1 Å². The van der Waals surface area contributed by atoms with Crippen molar-refractivity contribution < 1.29 is 29.0 Å². The molecule has 8 heteroatoms. The van der Waals surface area contributed by atoms with Crippen LogP contribution in [0.2, 0.25) is 0 Å². The smallest absolute Gasteiger partial charge is 0.407 e. The molecule has 2 atom stereocenters. The number of rotatable bonds is 7. The summed E-state index contributed by atoms with van der Waals surface area (Å²) in [5.41, 5.74) is 3.24. The zero-order valence-electron chi connectivity index (χ0n) is 19.9. The summed E-state index contributed by atoms with van der Waals surface area (Å²) >= 11 is 0. The number of nitrogens with zero attached hydrogens (tertiary/aromatic N) is 1. The highest BCUT2D eigenvalue weighted by atomic mass is 16.5. The summed E-state index contributed by atoms with van der Waals surface area (Å²) in [6.45, 7) is 1.80. The molecule has 2 unspecified atom stereocenters. The second-order valence-electron chi connectivity index (χ2n) is 9.66. The largest absolute Gasteiger partial charge is 0.479 e. The lowest BCUT2D eigenvalue weighted by Crippen LogP contribution is -2.60. The van der Waals surface area contributed by atoms with Crippen LogP contribution >= 0.6 is 0 Å².